The number of methoxy groups -OCH3 is 1. The van der Waals surface area contributed by atoms with E-state index >= 15 is 0 Å². The SMILES string of the molecule is COc1cccc([C@H]2[C@H](C(=O)c3ccccc3)N3c4ccccc4C=C[C@H]3C23C(=O)c2ccccc2C3=O)c1. The minimum Gasteiger partial charge on any atom is -0.497 e. The van der Waals surface area contributed by atoms with Crippen LogP contribution < -0.4 is 9.64 Å². The molecule has 39 heavy (non-hydrogen) atoms. The fraction of sp³-hybridized carbons (Fsp3) is 0.147. The first-order valence-corrected chi connectivity index (χ1v) is 13.0. The van der Waals surface area contributed by atoms with Gasteiger partial charge in [-0.05, 0) is 29.3 Å². The smallest absolute Gasteiger partial charge is 0.185 e. The van der Waals surface area contributed by atoms with Crippen molar-refractivity contribution >= 4 is 29.1 Å². The first-order chi connectivity index (χ1) is 19.1. The van der Waals surface area contributed by atoms with E-state index in [4.69, 9.17) is 4.74 Å². The van der Waals surface area contributed by atoms with Crippen LogP contribution in [0.2, 0.25) is 0 Å². The summed E-state index contributed by atoms with van der Waals surface area (Å²) < 4.78 is 5.55. The molecule has 2 aliphatic heterocycles. The van der Waals surface area contributed by atoms with Gasteiger partial charge in [0.15, 0.2) is 17.3 Å². The molecule has 4 aromatic rings. The molecule has 1 aliphatic carbocycles. The standard InChI is InChI=1S/C34H25NO4/c1-39-24-14-9-13-23(20-24)29-30(31(36)22-11-3-2-4-12-22)35-27-17-8-5-10-21(27)18-19-28(35)34(29)32(37)25-15-6-7-16-26(25)33(34)38/h2-20,28-30H,1H3/t28-,29-,30+/m0/s1. The van der Waals surface area contributed by atoms with Crippen molar-refractivity contribution in [1.29, 1.82) is 0 Å². The fourth-order valence-electron chi connectivity index (χ4n) is 6.90. The van der Waals surface area contributed by atoms with Crippen molar-refractivity contribution in [2.75, 3.05) is 12.0 Å². The Morgan fingerprint density at radius 2 is 1.46 bits per heavy atom. The molecule has 1 fully saturated rings. The van der Waals surface area contributed by atoms with Gasteiger partial charge in [-0.1, -0.05) is 97.1 Å². The average Bonchev–Trinajstić information content (AvgIpc) is 3.43. The average molecular weight is 512 g/mol. The van der Waals surface area contributed by atoms with Crippen molar-refractivity contribution in [2.24, 2.45) is 5.41 Å². The maximum Gasteiger partial charge on any atom is 0.185 e. The second-order valence-electron chi connectivity index (χ2n) is 10.3. The summed E-state index contributed by atoms with van der Waals surface area (Å²) in [5.74, 6) is -0.762. The summed E-state index contributed by atoms with van der Waals surface area (Å²) in [6, 6.07) is 30.0. The lowest BCUT2D eigenvalue weighted by atomic mass is 9.64. The number of hydrogen-bond donors (Lipinski definition) is 0. The van der Waals surface area contributed by atoms with Crippen molar-refractivity contribution in [3.8, 4) is 5.75 Å². The number of Topliss-reactive ketones (excluding diaryl/α,β-unsaturated/α-hetero) is 3. The summed E-state index contributed by atoms with van der Waals surface area (Å²) in [5.41, 5.74) is 2.34. The zero-order valence-electron chi connectivity index (χ0n) is 21.3. The van der Waals surface area contributed by atoms with Gasteiger partial charge in [0.25, 0.3) is 0 Å². The number of ketones is 3. The first-order valence-electron chi connectivity index (χ1n) is 13.0. The van der Waals surface area contributed by atoms with E-state index in [2.05, 4.69) is 0 Å². The summed E-state index contributed by atoms with van der Waals surface area (Å²) in [6.07, 6.45) is 3.91. The number of ether oxygens (including phenoxy) is 1. The van der Waals surface area contributed by atoms with Crippen LogP contribution in [0, 0.1) is 5.41 Å². The zero-order chi connectivity index (χ0) is 26.7. The number of fused-ring (bicyclic) bond motifs is 5. The van der Waals surface area contributed by atoms with Gasteiger partial charge in [-0.25, -0.2) is 0 Å². The Balaban J connectivity index is 1.56. The van der Waals surface area contributed by atoms with Crippen LogP contribution in [-0.4, -0.2) is 36.5 Å². The molecule has 2 heterocycles. The van der Waals surface area contributed by atoms with Gasteiger partial charge in [-0.3, -0.25) is 14.4 Å². The van der Waals surface area contributed by atoms with Crippen molar-refractivity contribution in [1.82, 2.24) is 0 Å². The highest BCUT2D eigenvalue weighted by Gasteiger charge is 2.71. The number of carbonyl (C=O) groups excluding carboxylic acids is 3. The lowest BCUT2D eigenvalue weighted by Crippen LogP contribution is -2.48. The summed E-state index contributed by atoms with van der Waals surface area (Å²) in [5, 5.41) is 0. The van der Waals surface area contributed by atoms with E-state index < -0.39 is 23.4 Å². The molecular weight excluding hydrogens is 486 g/mol. The first kappa shape index (κ1) is 23.4. The van der Waals surface area contributed by atoms with E-state index in [1.807, 2.05) is 83.8 Å². The third-order valence-electron chi connectivity index (χ3n) is 8.49. The summed E-state index contributed by atoms with van der Waals surface area (Å²) in [6.45, 7) is 0. The van der Waals surface area contributed by atoms with Crippen molar-refractivity contribution < 1.29 is 19.1 Å². The number of anilines is 1. The number of nitrogens with zero attached hydrogens (tertiary/aromatic N) is 1. The van der Waals surface area contributed by atoms with E-state index in [0.29, 0.717) is 22.4 Å². The maximum absolute atomic E-state index is 14.6. The van der Waals surface area contributed by atoms with E-state index in [0.717, 1.165) is 16.8 Å². The van der Waals surface area contributed by atoms with Gasteiger partial charge in [-0.15, -0.1) is 0 Å². The quantitative estimate of drug-likeness (QED) is 0.248. The van der Waals surface area contributed by atoms with Crippen LogP contribution in [0.25, 0.3) is 6.08 Å². The van der Waals surface area contributed by atoms with Crippen LogP contribution in [0.4, 0.5) is 5.69 Å². The molecule has 0 radical (unpaired) electrons. The minimum absolute atomic E-state index is 0.132. The molecule has 7 rings (SSSR count). The Morgan fingerprint density at radius 3 is 2.18 bits per heavy atom. The Bertz CT molecular complexity index is 1650. The number of rotatable bonds is 4. The molecule has 5 heteroatoms. The highest BCUT2D eigenvalue weighted by atomic mass is 16.5. The normalized spacial score (nSPS) is 22.0. The van der Waals surface area contributed by atoms with E-state index in [9.17, 15) is 14.4 Å². The van der Waals surface area contributed by atoms with E-state index in [1.165, 1.54) is 0 Å². The molecule has 0 unspecified atom stereocenters. The Morgan fingerprint density at radius 1 is 0.795 bits per heavy atom. The number of carbonyl (C=O) groups is 3. The summed E-state index contributed by atoms with van der Waals surface area (Å²) in [7, 11) is 1.58. The third kappa shape index (κ3) is 3.10. The molecule has 0 N–H and O–H groups in total. The molecule has 5 nitrogen and oxygen atoms in total. The monoisotopic (exact) mass is 511 g/mol. The van der Waals surface area contributed by atoms with Gasteiger partial charge >= 0.3 is 0 Å². The molecule has 0 aromatic heterocycles. The largest absolute Gasteiger partial charge is 0.497 e. The highest BCUT2D eigenvalue weighted by molar-refractivity contribution is 6.32. The molecule has 0 saturated carbocycles. The van der Waals surface area contributed by atoms with Crippen LogP contribution in [0.5, 0.6) is 5.75 Å². The van der Waals surface area contributed by atoms with Crippen LogP contribution in [0.1, 0.15) is 48.1 Å². The molecule has 3 aliphatic rings. The van der Waals surface area contributed by atoms with Crippen molar-refractivity contribution in [3.63, 3.8) is 0 Å². The number of hydrogen-bond acceptors (Lipinski definition) is 5. The molecular formula is C34H25NO4. The van der Waals surface area contributed by atoms with Gasteiger partial charge in [0.05, 0.1) is 13.2 Å². The lowest BCUT2D eigenvalue weighted by molar-refractivity contribution is 0.0665. The number of para-hydroxylation sites is 1. The second kappa shape index (κ2) is 8.63. The second-order valence-corrected chi connectivity index (χ2v) is 10.3. The zero-order valence-corrected chi connectivity index (χ0v) is 21.3. The molecule has 190 valence electrons. The summed E-state index contributed by atoms with van der Waals surface area (Å²) >= 11 is 0. The Hall–Kier alpha value is -4.77. The van der Waals surface area contributed by atoms with Gasteiger partial charge in [0.1, 0.15) is 17.2 Å². The third-order valence-corrected chi connectivity index (χ3v) is 8.49. The van der Waals surface area contributed by atoms with Crippen molar-refractivity contribution in [2.45, 2.75) is 18.0 Å². The topological polar surface area (TPSA) is 63.7 Å². The van der Waals surface area contributed by atoms with Gasteiger partial charge in [-0.2, -0.15) is 0 Å². The molecule has 1 saturated heterocycles. The lowest BCUT2D eigenvalue weighted by Gasteiger charge is -2.37. The molecule has 0 bridgehead atoms. The van der Waals surface area contributed by atoms with Gasteiger partial charge in [0, 0.05) is 28.3 Å². The van der Waals surface area contributed by atoms with E-state index in [-0.39, 0.29) is 17.3 Å². The van der Waals surface area contributed by atoms with E-state index in [1.54, 1.807) is 43.5 Å². The van der Waals surface area contributed by atoms with Crippen LogP contribution >= 0.6 is 0 Å². The number of benzene rings is 4. The maximum atomic E-state index is 14.6. The van der Waals surface area contributed by atoms with Crippen LogP contribution in [0.15, 0.2) is 109 Å². The molecule has 4 aromatic carbocycles. The summed E-state index contributed by atoms with van der Waals surface area (Å²) in [4.78, 5) is 45.8. The highest BCUT2D eigenvalue weighted by Crippen LogP contribution is 2.61. The predicted molar refractivity (Wildman–Crippen MR) is 150 cm³/mol. The fourth-order valence-corrected chi connectivity index (χ4v) is 6.90. The minimum atomic E-state index is -1.52. The molecule has 0 amide bonds. The Kier molecular flexibility index (Phi) is 5.17. The van der Waals surface area contributed by atoms with Crippen molar-refractivity contribution in [3.05, 3.63) is 137 Å². The van der Waals surface area contributed by atoms with Crippen LogP contribution in [0.3, 0.4) is 0 Å². The molecule has 3 atom stereocenters. The van der Waals surface area contributed by atoms with Crippen LogP contribution in [-0.2, 0) is 0 Å². The van der Waals surface area contributed by atoms with Gasteiger partial charge < -0.3 is 9.64 Å². The molecule has 1 spiro atoms. The van der Waals surface area contributed by atoms with Gasteiger partial charge in [0.2, 0.25) is 0 Å². The predicted octanol–water partition coefficient (Wildman–Crippen LogP) is 6.01. The Labute approximate surface area is 226 Å².